The Morgan fingerprint density at radius 1 is 1.14 bits per heavy atom. The molecular formula is C29H30ClN3O4. The molecule has 0 saturated carbocycles. The van der Waals surface area contributed by atoms with Crippen LogP contribution in [0.2, 0.25) is 5.02 Å². The highest BCUT2D eigenvalue weighted by molar-refractivity contribution is 6.32. The van der Waals surface area contributed by atoms with Gasteiger partial charge in [0.15, 0.2) is 0 Å². The summed E-state index contributed by atoms with van der Waals surface area (Å²) in [6.45, 7) is 9.95. The van der Waals surface area contributed by atoms with E-state index in [1.807, 2.05) is 34.6 Å². The van der Waals surface area contributed by atoms with E-state index in [9.17, 15) is 15.2 Å². The lowest BCUT2D eigenvalue weighted by Gasteiger charge is -2.45. The molecule has 1 saturated heterocycles. The highest BCUT2D eigenvalue weighted by Crippen LogP contribution is 2.39. The van der Waals surface area contributed by atoms with Gasteiger partial charge in [-0.1, -0.05) is 23.7 Å². The summed E-state index contributed by atoms with van der Waals surface area (Å²) in [5.41, 5.74) is 1.72. The second-order valence-corrected chi connectivity index (χ2v) is 11.0. The second-order valence-electron chi connectivity index (χ2n) is 10.6. The number of ether oxygens (including phenoxy) is 2. The van der Waals surface area contributed by atoms with Crippen LogP contribution in [0.15, 0.2) is 48.7 Å². The summed E-state index contributed by atoms with van der Waals surface area (Å²) in [5, 5.41) is 23.5. The molecule has 0 atom stereocenters. The number of rotatable bonds is 5. The zero-order valence-electron chi connectivity index (χ0n) is 21.6. The van der Waals surface area contributed by atoms with Crippen LogP contribution in [0.25, 0.3) is 11.1 Å². The number of aryl methyl sites for hydroxylation is 1. The SMILES string of the molecule is Cc1cnc(O)c(-c2cccc(Oc3ccc(C(=O)NC4CC(C)(C)OC(C)(C)C4)cc3Cl)c2C#N)c1. The summed E-state index contributed by atoms with van der Waals surface area (Å²) in [5.74, 6) is 0.163. The highest BCUT2D eigenvalue weighted by Gasteiger charge is 2.39. The van der Waals surface area contributed by atoms with Crippen molar-refractivity contribution in [2.24, 2.45) is 0 Å². The lowest BCUT2D eigenvalue weighted by atomic mass is 9.85. The van der Waals surface area contributed by atoms with Crippen molar-refractivity contribution in [1.29, 1.82) is 5.26 Å². The lowest BCUT2D eigenvalue weighted by molar-refractivity contribution is -0.162. The molecule has 1 aliphatic rings. The van der Waals surface area contributed by atoms with E-state index in [1.54, 1.807) is 48.7 Å². The minimum Gasteiger partial charge on any atom is -0.493 e. The van der Waals surface area contributed by atoms with Gasteiger partial charge in [0.25, 0.3) is 5.91 Å². The Morgan fingerprint density at radius 3 is 2.49 bits per heavy atom. The molecule has 37 heavy (non-hydrogen) atoms. The molecule has 1 amide bonds. The first-order valence-corrected chi connectivity index (χ1v) is 12.4. The van der Waals surface area contributed by atoms with Crippen LogP contribution < -0.4 is 10.1 Å². The molecule has 2 heterocycles. The van der Waals surface area contributed by atoms with Gasteiger partial charge in [0.2, 0.25) is 5.88 Å². The molecule has 0 aliphatic carbocycles. The smallest absolute Gasteiger partial charge is 0.251 e. The van der Waals surface area contributed by atoms with E-state index in [4.69, 9.17) is 21.1 Å². The lowest BCUT2D eigenvalue weighted by Crippen LogP contribution is -2.52. The van der Waals surface area contributed by atoms with E-state index in [0.29, 0.717) is 35.3 Å². The van der Waals surface area contributed by atoms with E-state index in [0.717, 1.165) is 5.56 Å². The van der Waals surface area contributed by atoms with Crippen molar-refractivity contribution in [3.8, 4) is 34.6 Å². The first-order valence-electron chi connectivity index (χ1n) is 12.0. The van der Waals surface area contributed by atoms with Gasteiger partial charge < -0.3 is 19.9 Å². The number of halogens is 1. The van der Waals surface area contributed by atoms with Crippen LogP contribution in [-0.2, 0) is 4.74 Å². The van der Waals surface area contributed by atoms with Gasteiger partial charge in [0.05, 0.1) is 16.2 Å². The Kier molecular flexibility index (Phi) is 7.18. The molecule has 4 rings (SSSR count). The summed E-state index contributed by atoms with van der Waals surface area (Å²) in [4.78, 5) is 17.0. The number of benzene rings is 2. The second kappa shape index (κ2) is 10.0. The standard InChI is InChI=1S/C29H30ClN3O4/c1-17-11-21(27(35)32-16-17)20-7-6-8-24(22(20)15-31)36-25-10-9-18(12-23(25)30)26(34)33-19-13-28(2,3)37-29(4,5)14-19/h6-12,16,19H,13-14H2,1-5H3,(H,32,35)(H,33,34). The highest BCUT2D eigenvalue weighted by atomic mass is 35.5. The summed E-state index contributed by atoms with van der Waals surface area (Å²) in [7, 11) is 0. The van der Waals surface area contributed by atoms with Crippen LogP contribution in [0, 0.1) is 18.3 Å². The van der Waals surface area contributed by atoms with Crippen molar-refractivity contribution in [3.63, 3.8) is 0 Å². The monoisotopic (exact) mass is 519 g/mol. The maximum absolute atomic E-state index is 13.0. The number of hydrogen-bond acceptors (Lipinski definition) is 6. The predicted molar refractivity (Wildman–Crippen MR) is 142 cm³/mol. The van der Waals surface area contributed by atoms with Gasteiger partial charge in [-0.3, -0.25) is 4.79 Å². The fourth-order valence-corrected chi connectivity index (χ4v) is 5.24. The Bertz CT molecular complexity index is 1380. The Hall–Kier alpha value is -3.60. The van der Waals surface area contributed by atoms with Gasteiger partial charge in [0.1, 0.15) is 23.1 Å². The van der Waals surface area contributed by atoms with Crippen LogP contribution in [-0.4, -0.2) is 33.2 Å². The Labute approximate surface area is 222 Å². The quantitative estimate of drug-likeness (QED) is 0.396. The molecule has 1 aromatic heterocycles. The van der Waals surface area contributed by atoms with Crippen molar-refractivity contribution in [3.05, 3.63) is 70.4 Å². The molecular weight excluding hydrogens is 490 g/mol. The molecule has 192 valence electrons. The number of aromatic nitrogens is 1. The molecule has 0 unspecified atom stereocenters. The topological polar surface area (TPSA) is 104 Å². The zero-order valence-corrected chi connectivity index (χ0v) is 22.3. The number of nitriles is 1. The number of pyridine rings is 1. The number of amides is 1. The van der Waals surface area contributed by atoms with Crippen molar-refractivity contribution < 1.29 is 19.4 Å². The Balaban J connectivity index is 1.56. The molecule has 0 spiro atoms. The summed E-state index contributed by atoms with van der Waals surface area (Å²) in [6, 6.07) is 13.8. The normalized spacial score (nSPS) is 16.6. The maximum Gasteiger partial charge on any atom is 0.251 e. The number of carbonyl (C=O) groups excluding carboxylic acids is 1. The zero-order chi connectivity index (χ0) is 27.0. The fourth-order valence-electron chi connectivity index (χ4n) is 5.02. The average Bonchev–Trinajstić information content (AvgIpc) is 2.79. The van der Waals surface area contributed by atoms with Gasteiger partial charge in [-0.05, 0) is 83.4 Å². The van der Waals surface area contributed by atoms with Gasteiger partial charge in [0, 0.05) is 28.9 Å². The Morgan fingerprint density at radius 2 is 1.84 bits per heavy atom. The van der Waals surface area contributed by atoms with Crippen molar-refractivity contribution in [2.75, 3.05) is 0 Å². The van der Waals surface area contributed by atoms with E-state index >= 15 is 0 Å². The first-order chi connectivity index (χ1) is 17.4. The molecule has 2 N–H and O–H groups in total. The van der Waals surface area contributed by atoms with Crippen molar-refractivity contribution in [1.82, 2.24) is 10.3 Å². The molecule has 0 radical (unpaired) electrons. The van der Waals surface area contributed by atoms with Crippen LogP contribution in [0.3, 0.4) is 0 Å². The van der Waals surface area contributed by atoms with Crippen molar-refractivity contribution >= 4 is 17.5 Å². The number of nitrogens with one attached hydrogen (secondary N) is 1. The molecule has 3 aromatic rings. The minimum atomic E-state index is -0.340. The van der Waals surface area contributed by atoms with Gasteiger partial charge >= 0.3 is 0 Å². The summed E-state index contributed by atoms with van der Waals surface area (Å²) < 4.78 is 12.1. The van der Waals surface area contributed by atoms with Crippen molar-refractivity contribution in [2.45, 2.75) is 64.7 Å². The number of nitrogens with zero attached hydrogens (tertiary/aromatic N) is 2. The molecule has 1 fully saturated rings. The molecule has 8 heteroatoms. The van der Waals surface area contributed by atoms with E-state index < -0.39 is 0 Å². The molecule has 2 aromatic carbocycles. The predicted octanol–water partition coefficient (Wildman–Crippen LogP) is 6.55. The third-order valence-corrected chi connectivity index (χ3v) is 6.50. The number of hydrogen-bond donors (Lipinski definition) is 2. The fraction of sp³-hybridized carbons (Fsp3) is 0.345. The van der Waals surface area contributed by atoms with Crippen LogP contribution >= 0.6 is 11.6 Å². The molecule has 0 bridgehead atoms. The maximum atomic E-state index is 13.0. The third kappa shape index (κ3) is 6.04. The van der Waals surface area contributed by atoms with E-state index in [-0.39, 0.29) is 45.4 Å². The molecule has 7 nitrogen and oxygen atoms in total. The minimum absolute atomic E-state index is 0.0330. The van der Waals surface area contributed by atoms with E-state index in [2.05, 4.69) is 16.4 Å². The number of aromatic hydroxyl groups is 1. The average molecular weight is 520 g/mol. The first kappa shape index (κ1) is 26.5. The van der Waals surface area contributed by atoms with Gasteiger partial charge in [-0.25, -0.2) is 4.98 Å². The van der Waals surface area contributed by atoms with Crippen LogP contribution in [0.1, 0.15) is 62.0 Å². The summed E-state index contributed by atoms with van der Waals surface area (Å²) in [6.07, 6.45) is 2.96. The largest absolute Gasteiger partial charge is 0.493 e. The van der Waals surface area contributed by atoms with Crippen LogP contribution in [0.4, 0.5) is 0 Å². The summed E-state index contributed by atoms with van der Waals surface area (Å²) >= 11 is 6.50. The number of carbonyl (C=O) groups is 1. The molecule has 1 aliphatic heterocycles. The van der Waals surface area contributed by atoms with Gasteiger partial charge in [-0.15, -0.1) is 0 Å². The van der Waals surface area contributed by atoms with Gasteiger partial charge in [-0.2, -0.15) is 5.26 Å². The van der Waals surface area contributed by atoms with E-state index in [1.165, 1.54) is 0 Å². The third-order valence-electron chi connectivity index (χ3n) is 6.21. The van der Waals surface area contributed by atoms with Crippen LogP contribution in [0.5, 0.6) is 17.4 Å².